The van der Waals surface area contributed by atoms with Crippen molar-refractivity contribution in [3.8, 4) is 0 Å². The molecule has 0 saturated carbocycles. The molecule has 1 fully saturated rings. The number of rotatable bonds is 6. The highest BCUT2D eigenvalue weighted by molar-refractivity contribution is 9.10. The predicted molar refractivity (Wildman–Crippen MR) is 95.2 cm³/mol. The summed E-state index contributed by atoms with van der Waals surface area (Å²) in [5.74, 6) is 0.885. The lowest BCUT2D eigenvalue weighted by Crippen LogP contribution is -2.39. The highest BCUT2D eigenvalue weighted by Gasteiger charge is 2.20. The van der Waals surface area contributed by atoms with Gasteiger partial charge in [-0.3, -0.25) is 9.69 Å². The largest absolute Gasteiger partial charge is 0.325 e. The lowest BCUT2D eigenvalue weighted by atomic mass is 9.93. The summed E-state index contributed by atoms with van der Waals surface area (Å²) in [5.41, 5.74) is 2.00. The number of anilines is 1. The van der Waals surface area contributed by atoms with Crippen LogP contribution in [0.5, 0.6) is 0 Å². The maximum absolute atomic E-state index is 12.2. The van der Waals surface area contributed by atoms with Gasteiger partial charge in [-0.1, -0.05) is 15.9 Å². The fourth-order valence-corrected chi connectivity index (χ4v) is 3.15. The van der Waals surface area contributed by atoms with Crippen molar-refractivity contribution >= 4 is 27.5 Å². The smallest absolute Gasteiger partial charge is 0.238 e. The van der Waals surface area contributed by atoms with Crippen LogP contribution in [0, 0.1) is 12.8 Å². The number of likely N-dealkylation sites (tertiary alicyclic amines) is 1. The molecule has 0 spiro atoms. The minimum Gasteiger partial charge on any atom is -0.325 e. The summed E-state index contributed by atoms with van der Waals surface area (Å²) in [7, 11) is 2.00. The van der Waals surface area contributed by atoms with Gasteiger partial charge < -0.3 is 10.6 Å². The first-order valence-electron chi connectivity index (χ1n) is 8.01. The molecular weight excluding hydrogens is 342 g/mol. The van der Waals surface area contributed by atoms with E-state index in [0.29, 0.717) is 6.54 Å². The zero-order chi connectivity index (χ0) is 15.9. The summed E-state index contributed by atoms with van der Waals surface area (Å²) in [6.07, 6.45) is 3.65. The Morgan fingerprint density at radius 3 is 2.73 bits per heavy atom. The van der Waals surface area contributed by atoms with Crippen LogP contribution < -0.4 is 10.6 Å². The zero-order valence-corrected chi connectivity index (χ0v) is 15.1. The van der Waals surface area contributed by atoms with E-state index in [1.165, 1.54) is 19.3 Å². The summed E-state index contributed by atoms with van der Waals surface area (Å²) in [6.45, 7) is 5.67. The summed E-state index contributed by atoms with van der Waals surface area (Å²) >= 11 is 3.47. The second-order valence-corrected chi connectivity index (χ2v) is 6.98. The van der Waals surface area contributed by atoms with E-state index in [0.717, 1.165) is 41.3 Å². The van der Waals surface area contributed by atoms with Crippen molar-refractivity contribution in [2.45, 2.75) is 26.2 Å². The number of carbonyl (C=O) groups excluding carboxylic acids is 1. The first-order valence-corrected chi connectivity index (χ1v) is 8.80. The first kappa shape index (κ1) is 17.4. The van der Waals surface area contributed by atoms with Crippen LogP contribution in [0.2, 0.25) is 0 Å². The van der Waals surface area contributed by atoms with Gasteiger partial charge in [-0.15, -0.1) is 0 Å². The summed E-state index contributed by atoms with van der Waals surface area (Å²) < 4.78 is 1.06. The van der Waals surface area contributed by atoms with E-state index in [1.54, 1.807) is 0 Å². The Bertz CT molecular complexity index is 499. The monoisotopic (exact) mass is 367 g/mol. The Balaban J connectivity index is 1.75. The number of hydrogen-bond acceptors (Lipinski definition) is 3. The number of nitrogens with zero attached hydrogens (tertiary/aromatic N) is 1. The third-order valence-electron chi connectivity index (χ3n) is 4.32. The Morgan fingerprint density at radius 1 is 1.36 bits per heavy atom. The molecule has 4 nitrogen and oxygen atoms in total. The van der Waals surface area contributed by atoms with Crippen LogP contribution in [-0.4, -0.2) is 44.0 Å². The van der Waals surface area contributed by atoms with Gasteiger partial charge in [-0.2, -0.15) is 0 Å². The molecule has 1 aromatic carbocycles. The average molecular weight is 368 g/mol. The first-order chi connectivity index (χ1) is 10.6. The highest BCUT2D eigenvalue weighted by atomic mass is 79.9. The van der Waals surface area contributed by atoms with Gasteiger partial charge in [0, 0.05) is 10.2 Å². The summed E-state index contributed by atoms with van der Waals surface area (Å²) in [4.78, 5) is 14.4. The molecule has 1 aromatic rings. The molecule has 22 heavy (non-hydrogen) atoms. The maximum Gasteiger partial charge on any atom is 0.238 e. The van der Waals surface area contributed by atoms with E-state index in [2.05, 4.69) is 31.5 Å². The fourth-order valence-electron chi connectivity index (χ4n) is 2.91. The molecule has 5 heteroatoms. The van der Waals surface area contributed by atoms with Gasteiger partial charge in [-0.05, 0) is 82.5 Å². The standard InChI is InChI=1S/C17H26BrN3O/c1-13-11-15(3-4-16(13)18)20-17(22)12-21-9-6-14(7-10-21)5-8-19-2/h3-4,11,14,19H,5-10,12H2,1-2H3,(H,20,22). The highest BCUT2D eigenvalue weighted by Crippen LogP contribution is 2.21. The topological polar surface area (TPSA) is 44.4 Å². The SMILES string of the molecule is CNCCC1CCN(CC(=O)Nc2ccc(Br)c(C)c2)CC1. The van der Waals surface area contributed by atoms with Crippen molar-refractivity contribution in [3.63, 3.8) is 0 Å². The van der Waals surface area contributed by atoms with Crippen LogP contribution in [0.1, 0.15) is 24.8 Å². The van der Waals surface area contributed by atoms with Gasteiger partial charge >= 0.3 is 0 Å². The molecule has 0 aromatic heterocycles. The van der Waals surface area contributed by atoms with Crippen molar-refractivity contribution in [1.29, 1.82) is 0 Å². The molecule has 1 aliphatic rings. The number of nitrogens with one attached hydrogen (secondary N) is 2. The molecule has 0 aliphatic carbocycles. The molecule has 0 bridgehead atoms. The van der Waals surface area contributed by atoms with Crippen LogP contribution in [0.25, 0.3) is 0 Å². The van der Waals surface area contributed by atoms with Gasteiger partial charge in [0.15, 0.2) is 0 Å². The number of hydrogen-bond donors (Lipinski definition) is 2. The second kappa shape index (κ2) is 8.65. The Kier molecular flexibility index (Phi) is 6.86. The molecular formula is C17H26BrN3O. The molecule has 2 rings (SSSR count). The minimum absolute atomic E-state index is 0.0791. The molecule has 1 saturated heterocycles. The maximum atomic E-state index is 12.2. The number of benzene rings is 1. The van der Waals surface area contributed by atoms with E-state index >= 15 is 0 Å². The van der Waals surface area contributed by atoms with Gasteiger partial charge in [0.25, 0.3) is 0 Å². The van der Waals surface area contributed by atoms with E-state index in [1.807, 2.05) is 32.2 Å². The summed E-state index contributed by atoms with van der Waals surface area (Å²) in [5, 5.41) is 6.20. The lowest BCUT2D eigenvalue weighted by Gasteiger charge is -2.31. The van der Waals surface area contributed by atoms with Gasteiger partial charge in [0.05, 0.1) is 6.54 Å². The molecule has 1 heterocycles. The summed E-state index contributed by atoms with van der Waals surface area (Å²) in [6, 6.07) is 5.89. The quantitative estimate of drug-likeness (QED) is 0.811. The fraction of sp³-hybridized carbons (Fsp3) is 0.588. The van der Waals surface area contributed by atoms with E-state index in [-0.39, 0.29) is 5.91 Å². The molecule has 2 N–H and O–H groups in total. The average Bonchev–Trinajstić information content (AvgIpc) is 2.50. The third-order valence-corrected chi connectivity index (χ3v) is 5.21. The van der Waals surface area contributed by atoms with Gasteiger partial charge in [0.2, 0.25) is 5.91 Å². The van der Waals surface area contributed by atoms with Crippen molar-refractivity contribution in [2.24, 2.45) is 5.92 Å². The molecule has 0 unspecified atom stereocenters. The van der Waals surface area contributed by atoms with Crippen LogP contribution in [0.4, 0.5) is 5.69 Å². The lowest BCUT2D eigenvalue weighted by molar-refractivity contribution is -0.117. The molecule has 1 aliphatic heterocycles. The molecule has 122 valence electrons. The van der Waals surface area contributed by atoms with Crippen LogP contribution >= 0.6 is 15.9 Å². The van der Waals surface area contributed by atoms with Crippen LogP contribution in [0.3, 0.4) is 0 Å². The zero-order valence-electron chi connectivity index (χ0n) is 13.5. The van der Waals surface area contributed by atoms with E-state index in [9.17, 15) is 4.79 Å². The Labute approximate surface area is 141 Å². The van der Waals surface area contributed by atoms with E-state index in [4.69, 9.17) is 0 Å². The van der Waals surface area contributed by atoms with Crippen molar-refractivity contribution in [3.05, 3.63) is 28.2 Å². The van der Waals surface area contributed by atoms with Gasteiger partial charge in [0.1, 0.15) is 0 Å². The number of amides is 1. The third kappa shape index (κ3) is 5.38. The number of carbonyl (C=O) groups is 1. The molecule has 1 amide bonds. The van der Waals surface area contributed by atoms with Crippen molar-refractivity contribution < 1.29 is 4.79 Å². The van der Waals surface area contributed by atoms with Gasteiger partial charge in [-0.25, -0.2) is 0 Å². The number of aryl methyl sites for hydroxylation is 1. The van der Waals surface area contributed by atoms with E-state index < -0.39 is 0 Å². The predicted octanol–water partition coefficient (Wildman–Crippen LogP) is 3.02. The minimum atomic E-state index is 0.0791. The molecule has 0 radical (unpaired) electrons. The number of halogens is 1. The van der Waals surface area contributed by atoms with Crippen molar-refractivity contribution in [2.75, 3.05) is 38.5 Å². The second-order valence-electron chi connectivity index (χ2n) is 6.12. The van der Waals surface area contributed by atoms with Crippen molar-refractivity contribution in [1.82, 2.24) is 10.2 Å². The van der Waals surface area contributed by atoms with Crippen LogP contribution in [0.15, 0.2) is 22.7 Å². The number of piperidine rings is 1. The Morgan fingerprint density at radius 2 is 2.09 bits per heavy atom. The normalized spacial score (nSPS) is 16.7. The Hall–Kier alpha value is -0.910. The molecule has 0 atom stereocenters. The van der Waals surface area contributed by atoms with Crippen LogP contribution in [-0.2, 0) is 4.79 Å².